The van der Waals surface area contributed by atoms with E-state index in [9.17, 15) is 0 Å². The van der Waals surface area contributed by atoms with Gasteiger partial charge in [0.15, 0.2) is 0 Å². The van der Waals surface area contributed by atoms with Gasteiger partial charge in [0.1, 0.15) is 0 Å². The molecule has 1 aliphatic rings. The van der Waals surface area contributed by atoms with Gasteiger partial charge in [-0.25, -0.2) is 0 Å². The van der Waals surface area contributed by atoms with Gasteiger partial charge in [0.05, 0.1) is 11.7 Å². The molecule has 1 aliphatic carbocycles. The molecule has 0 aliphatic heterocycles. The lowest BCUT2D eigenvalue weighted by Crippen LogP contribution is -2.35. The Labute approximate surface area is 105 Å². The number of hydrogen-bond donors (Lipinski definition) is 1. The van der Waals surface area contributed by atoms with Gasteiger partial charge in [0, 0.05) is 11.7 Å². The van der Waals surface area contributed by atoms with E-state index in [1.807, 2.05) is 0 Å². The molecular weight excluding hydrogens is 210 g/mol. The number of nitrogens with one attached hydrogen (secondary N) is 1. The summed E-state index contributed by atoms with van der Waals surface area (Å²) in [6.45, 7) is 9.76. The third-order valence-corrected chi connectivity index (χ3v) is 4.17. The van der Waals surface area contributed by atoms with Crippen LogP contribution in [0.4, 0.5) is 0 Å². The van der Waals surface area contributed by atoms with Gasteiger partial charge < -0.3 is 5.32 Å². The van der Waals surface area contributed by atoms with Crippen molar-refractivity contribution >= 4 is 0 Å². The maximum atomic E-state index is 4.72. The highest BCUT2D eigenvalue weighted by atomic mass is 15.3. The Morgan fingerprint density at radius 3 is 2.65 bits per heavy atom. The molecule has 1 heterocycles. The Morgan fingerprint density at radius 1 is 1.29 bits per heavy atom. The molecule has 0 radical (unpaired) electrons. The Kier molecular flexibility index (Phi) is 3.87. The van der Waals surface area contributed by atoms with Crippen molar-refractivity contribution in [3.05, 3.63) is 17.0 Å². The summed E-state index contributed by atoms with van der Waals surface area (Å²) in [5.41, 5.74) is 3.90. The minimum absolute atomic E-state index is 0.597. The van der Waals surface area contributed by atoms with Crippen molar-refractivity contribution in [3.63, 3.8) is 0 Å². The van der Waals surface area contributed by atoms with Crippen molar-refractivity contribution in [3.8, 4) is 0 Å². The Hall–Kier alpha value is -0.830. The number of nitrogens with zero attached hydrogens (tertiary/aromatic N) is 2. The topological polar surface area (TPSA) is 29.9 Å². The van der Waals surface area contributed by atoms with E-state index in [2.05, 4.69) is 37.7 Å². The van der Waals surface area contributed by atoms with Crippen LogP contribution < -0.4 is 5.32 Å². The summed E-state index contributed by atoms with van der Waals surface area (Å²) in [4.78, 5) is 0. The molecular formula is C14H25N3. The van der Waals surface area contributed by atoms with E-state index in [4.69, 9.17) is 5.10 Å². The fraction of sp³-hybridized carbons (Fsp3) is 0.786. The fourth-order valence-corrected chi connectivity index (χ4v) is 2.96. The maximum absolute atomic E-state index is 4.72. The number of aromatic nitrogens is 2. The van der Waals surface area contributed by atoms with Gasteiger partial charge in [0.25, 0.3) is 0 Å². The molecule has 0 amide bonds. The van der Waals surface area contributed by atoms with Crippen molar-refractivity contribution in [2.24, 2.45) is 0 Å². The van der Waals surface area contributed by atoms with E-state index in [1.165, 1.54) is 42.6 Å². The van der Waals surface area contributed by atoms with Gasteiger partial charge in [-0.2, -0.15) is 5.10 Å². The molecule has 0 aromatic carbocycles. The van der Waals surface area contributed by atoms with Crippen LogP contribution in [-0.4, -0.2) is 22.4 Å². The van der Waals surface area contributed by atoms with Crippen LogP contribution in [0.1, 0.15) is 55.6 Å². The highest BCUT2D eigenvalue weighted by molar-refractivity contribution is 5.22. The highest BCUT2D eigenvalue weighted by Gasteiger charge is 2.24. The third-order valence-electron chi connectivity index (χ3n) is 4.17. The zero-order chi connectivity index (χ0) is 12.4. The number of rotatable bonds is 3. The number of aryl methyl sites for hydroxylation is 1. The smallest absolute Gasteiger partial charge is 0.0625 e. The fourth-order valence-electron chi connectivity index (χ4n) is 2.96. The molecule has 1 N–H and O–H groups in total. The van der Waals surface area contributed by atoms with Crippen LogP contribution in [0.3, 0.4) is 0 Å². The summed E-state index contributed by atoms with van der Waals surface area (Å²) in [5.74, 6) is 0. The highest BCUT2D eigenvalue weighted by Crippen LogP contribution is 2.30. The lowest BCUT2D eigenvalue weighted by Gasteiger charge is -2.30. The van der Waals surface area contributed by atoms with Gasteiger partial charge in [0.2, 0.25) is 0 Å². The maximum Gasteiger partial charge on any atom is 0.0625 e. The molecule has 2 unspecified atom stereocenters. The first-order chi connectivity index (χ1) is 8.13. The molecule has 2 atom stereocenters. The van der Waals surface area contributed by atoms with E-state index in [0.717, 1.165) is 6.54 Å². The van der Waals surface area contributed by atoms with Crippen LogP contribution >= 0.6 is 0 Å². The summed E-state index contributed by atoms with van der Waals surface area (Å²) in [6.07, 6.45) is 5.15. The molecule has 3 heteroatoms. The summed E-state index contributed by atoms with van der Waals surface area (Å²) < 4.78 is 2.27. The van der Waals surface area contributed by atoms with Crippen molar-refractivity contribution in [1.29, 1.82) is 0 Å². The molecule has 1 aromatic rings. The van der Waals surface area contributed by atoms with Crippen LogP contribution in [0.25, 0.3) is 0 Å². The van der Waals surface area contributed by atoms with Crippen LogP contribution in [-0.2, 0) is 0 Å². The average Bonchev–Trinajstić information content (AvgIpc) is 2.58. The number of hydrogen-bond acceptors (Lipinski definition) is 2. The molecule has 96 valence electrons. The molecule has 1 saturated carbocycles. The Morgan fingerprint density at radius 2 is 2.06 bits per heavy atom. The Balaban J connectivity index is 2.13. The molecule has 0 spiro atoms. The SMILES string of the molecule is CCNC1CCCC(n2nc(C)c(C)c2C)C1. The van der Waals surface area contributed by atoms with Crippen LogP contribution in [0.15, 0.2) is 0 Å². The average molecular weight is 235 g/mol. The first kappa shape index (κ1) is 12.6. The Bertz CT molecular complexity index is 379. The molecule has 1 fully saturated rings. The molecule has 0 saturated heterocycles. The van der Waals surface area contributed by atoms with Crippen molar-refractivity contribution in [1.82, 2.24) is 15.1 Å². The molecule has 2 rings (SSSR count). The van der Waals surface area contributed by atoms with E-state index in [-0.39, 0.29) is 0 Å². The zero-order valence-corrected chi connectivity index (χ0v) is 11.6. The van der Waals surface area contributed by atoms with Crippen LogP contribution in [0.2, 0.25) is 0 Å². The van der Waals surface area contributed by atoms with Gasteiger partial charge in [-0.15, -0.1) is 0 Å². The monoisotopic (exact) mass is 235 g/mol. The van der Waals surface area contributed by atoms with E-state index in [0.29, 0.717) is 12.1 Å². The van der Waals surface area contributed by atoms with Gasteiger partial charge >= 0.3 is 0 Å². The summed E-state index contributed by atoms with van der Waals surface area (Å²) in [6, 6.07) is 1.28. The second-order valence-corrected chi connectivity index (χ2v) is 5.32. The largest absolute Gasteiger partial charge is 0.314 e. The second kappa shape index (κ2) is 5.21. The molecule has 3 nitrogen and oxygen atoms in total. The molecule has 1 aromatic heterocycles. The lowest BCUT2D eigenvalue weighted by atomic mass is 9.91. The van der Waals surface area contributed by atoms with Gasteiger partial charge in [-0.3, -0.25) is 4.68 Å². The van der Waals surface area contributed by atoms with E-state index >= 15 is 0 Å². The summed E-state index contributed by atoms with van der Waals surface area (Å²) >= 11 is 0. The summed E-state index contributed by atoms with van der Waals surface area (Å²) in [5, 5.41) is 8.30. The van der Waals surface area contributed by atoms with E-state index in [1.54, 1.807) is 0 Å². The molecule has 0 bridgehead atoms. The predicted octanol–water partition coefficient (Wildman–Crippen LogP) is 2.90. The molecule has 17 heavy (non-hydrogen) atoms. The standard InChI is InChI=1S/C14H25N3/c1-5-15-13-7-6-8-14(9-13)17-12(4)10(2)11(3)16-17/h13-15H,5-9H2,1-4H3. The van der Waals surface area contributed by atoms with Gasteiger partial charge in [-0.05, 0) is 58.6 Å². The summed E-state index contributed by atoms with van der Waals surface area (Å²) in [7, 11) is 0. The minimum Gasteiger partial charge on any atom is -0.314 e. The lowest BCUT2D eigenvalue weighted by molar-refractivity contribution is 0.269. The third kappa shape index (κ3) is 2.54. The van der Waals surface area contributed by atoms with E-state index < -0.39 is 0 Å². The van der Waals surface area contributed by atoms with Crippen molar-refractivity contribution in [2.45, 2.75) is 65.5 Å². The first-order valence-corrected chi connectivity index (χ1v) is 6.89. The second-order valence-electron chi connectivity index (χ2n) is 5.32. The van der Waals surface area contributed by atoms with Crippen molar-refractivity contribution in [2.75, 3.05) is 6.54 Å². The van der Waals surface area contributed by atoms with Crippen LogP contribution in [0.5, 0.6) is 0 Å². The van der Waals surface area contributed by atoms with Crippen molar-refractivity contribution < 1.29 is 0 Å². The predicted molar refractivity (Wildman–Crippen MR) is 71.4 cm³/mol. The quantitative estimate of drug-likeness (QED) is 0.873. The van der Waals surface area contributed by atoms with Crippen LogP contribution in [0, 0.1) is 20.8 Å². The first-order valence-electron chi connectivity index (χ1n) is 6.89. The normalized spacial score (nSPS) is 25.2. The van der Waals surface area contributed by atoms with Gasteiger partial charge in [-0.1, -0.05) is 6.92 Å². The minimum atomic E-state index is 0.597. The zero-order valence-electron chi connectivity index (χ0n) is 11.6.